The van der Waals surface area contributed by atoms with Crippen LogP contribution in [0, 0.1) is 23.7 Å². The molecule has 0 amide bonds. The van der Waals surface area contributed by atoms with E-state index in [1.165, 1.54) is 6.42 Å². The molecule has 0 saturated heterocycles. The first-order valence-corrected chi connectivity index (χ1v) is 7.69. The minimum Gasteiger partial charge on any atom is -0.352 e. The number of hydrogen-bond acceptors (Lipinski definition) is 2. The quantitative estimate of drug-likeness (QED) is 0.465. The lowest BCUT2D eigenvalue weighted by Gasteiger charge is -2.33. The first-order chi connectivity index (χ1) is 9.81. The molecule has 4 aliphatic rings. The summed E-state index contributed by atoms with van der Waals surface area (Å²) in [7, 11) is 3.62. The standard InChI is InChI=1S/C18H20O2/c1-19-18(20-2)14-7-8-15(18)17-13-9-12(16(14)17)10-5-3-4-6-11(10)13/h3-8,12-17H,9H2,1-2H3/t12-,13-,14-,15-,16+,17+/m0/s1. The molecule has 2 fully saturated rings. The van der Waals surface area contributed by atoms with Gasteiger partial charge in [-0.05, 0) is 41.2 Å². The number of fused-ring (bicyclic) bond motifs is 12. The third kappa shape index (κ3) is 1.01. The van der Waals surface area contributed by atoms with Gasteiger partial charge in [0.15, 0.2) is 5.79 Å². The molecule has 104 valence electrons. The summed E-state index contributed by atoms with van der Waals surface area (Å²) in [5.41, 5.74) is 3.20. The molecule has 2 nitrogen and oxygen atoms in total. The number of methoxy groups -OCH3 is 2. The second-order valence-electron chi connectivity index (χ2n) is 6.80. The van der Waals surface area contributed by atoms with Gasteiger partial charge in [0.25, 0.3) is 0 Å². The summed E-state index contributed by atoms with van der Waals surface area (Å²) in [6.45, 7) is 0. The molecule has 2 heteroatoms. The largest absolute Gasteiger partial charge is 0.352 e. The van der Waals surface area contributed by atoms with Crippen LogP contribution in [0.5, 0.6) is 0 Å². The lowest BCUT2D eigenvalue weighted by Crippen LogP contribution is -2.41. The summed E-state index contributed by atoms with van der Waals surface area (Å²) in [5.74, 6) is 3.31. The van der Waals surface area contributed by atoms with Gasteiger partial charge >= 0.3 is 0 Å². The fourth-order valence-electron chi connectivity index (χ4n) is 6.11. The summed E-state index contributed by atoms with van der Waals surface area (Å²) in [5, 5.41) is 0. The average Bonchev–Trinajstić information content (AvgIpc) is 3.22. The molecule has 5 rings (SSSR count). The first-order valence-electron chi connectivity index (χ1n) is 7.69. The van der Waals surface area contributed by atoms with Crippen molar-refractivity contribution in [2.75, 3.05) is 14.2 Å². The van der Waals surface area contributed by atoms with E-state index in [0.29, 0.717) is 35.5 Å². The zero-order chi connectivity index (χ0) is 13.5. The summed E-state index contributed by atoms with van der Waals surface area (Å²) < 4.78 is 11.8. The monoisotopic (exact) mass is 268 g/mol. The molecule has 1 aromatic rings. The number of ether oxygens (including phenoxy) is 2. The smallest absolute Gasteiger partial charge is 0.180 e. The van der Waals surface area contributed by atoms with Crippen molar-refractivity contribution in [3.63, 3.8) is 0 Å². The molecule has 0 N–H and O–H groups in total. The minimum atomic E-state index is -0.395. The molecule has 0 spiro atoms. The van der Waals surface area contributed by atoms with E-state index in [2.05, 4.69) is 36.4 Å². The van der Waals surface area contributed by atoms with Crippen molar-refractivity contribution in [3.05, 3.63) is 47.5 Å². The Bertz CT molecular complexity index is 554. The Hall–Kier alpha value is -1.12. The van der Waals surface area contributed by atoms with E-state index in [4.69, 9.17) is 9.47 Å². The highest BCUT2D eigenvalue weighted by Gasteiger charge is 2.70. The molecular weight excluding hydrogens is 248 g/mol. The lowest BCUT2D eigenvalue weighted by molar-refractivity contribution is -0.235. The van der Waals surface area contributed by atoms with Gasteiger partial charge in [0.1, 0.15) is 0 Å². The van der Waals surface area contributed by atoms with Crippen molar-refractivity contribution >= 4 is 0 Å². The highest BCUT2D eigenvalue weighted by molar-refractivity contribution is 5.47. The van der Waals surface area contributed by atoms with E-state index in [0.717, 1.165) is 0 Å². The van der Waals surface area contributed by atoms with Crippen molar-refractivity contribution in [3.8, 4) is 0 Å². The summed E-state index contributed by atoms with van der Waals surface area (Å²) in [6.07, 6.45) is 6.07. The van der Waals surface area contributed by atoms with E-state index in [1.807, 2.05) is 14.2 Å². The molecule has 1 aromatic carbocycles. The van der Waals surface area contributed by atoms with E-state index < -0.39 is 5.79 Å². The van der Waals surface area contributed by atoms with Crippen LogP contribution in [0.2, 0.25) is 0 Å². The van der Waals surface area contributed by atoms with Gasteiger partial charge in [-0.25, -0.2) is 0 Å². The van der Waals surface area contributed by atoms with Gasteiger partial charge in [0.2, 0.25) is 0 Å². The van der Waals surface area contributed by atoms with E-state index in [-0.39, 0.29) is 0 Å². The summed E-state index contributed by atoms with van der Waals surface area (Å²) in [6, 6.07) is 9.06. The average molecular weight is 268 g/mol. The van der Waals surface area contributed by atoms with Crippen molar-refractivity contribution in [1.82, 2.24) is 0 Å². The zero-order valence-electron chi connectivity index (χ0n) is 12.0. The predicted molar refractivity (Wildman–Crippen MR) is 76.4 cm³/mol. The maximum absolute atomic E-state index is 5.91. The van der Waals surface area contributed by atoms with Crippen molar-refractivity contribution < 1.29 is 9.47 Å². The highest BCUT2D eigenvalue weighted by Crippen LogP contribution is 2.72. The molecule has 20 heavy (non-hydrogen) atoms. The van der Waals surface area contributed by atoms with Crippen molar-refractivity contribution in [2.45, 2.75) is 24.0 Å². The molecule has 0 aromatic heterocycles. The lowest BCUT2D eigenvalue weighted by atomic mass is 9.71. The Morgan fingerprint density at radius 2 is 1.40 bits per heavy atom. The Kier molecular flexibility index (Phi) is 2.05. The molecule has 0 heterocycles. The first kappa shape index (κ1) is 11.5. The fourth-order valence-corrected chi connectivity index (χ4v) is 6.11. The van der Waals surface area contributed by atoms with Gasteiger partial charge in [-0.2, -0.15) is 0 Å². The van der Waals surface area contributed by atoms with E-state index >= 15 is 0 Å². The van der Waals surface area contributed by atoms with Crippen LogP contribution in [0.1, 0.15) is 29.4 Å². The van der Waals surface area contributed by atoms with Crippen LogP contribution in [0.15, 0.2) is 36.4 Å². The Balaban J connectivity index is 1.66. The Morgan fingerprint density at radius 3 is 1.85 bits per heavy atom. The van der Waals surface area contributed by atoms with Crippen LogP contribution in [0.4, 0.5) is 0 Å². The van der Waals surface area contributed by atoms with Gasteiger partial charge in [-0.3, -0.25) is 0 Å². The number of hydrogen-bond donors (Lipinski definition) is 0. The molecule has 4 bridgehead atoms. The predicted octanol–water partition coefficient (Wildman–Crippen LogP) is 3.31. The van der Waals surface area contributed by atoms with Gasteiger partial charge in [0.05, 0.1) is 0 Å². The topological polar surface area (TPSA) is 18.5 Å². The normalized spacial score (nSPS) is 44.9. The van der Waals surface area contributed by atoms with Gasteiger partial charge in [-0.15, -0.1) is 0 Å². The van der Waals surface area contributed by atoms with E-state index in [9.17, 15) is 0 Å². The SMILES string of the molecule is COC1(OC)[C@H]2C=C[C@H]1[C@@H]1[C@@H]2[C@H]2C[C@H]1c1ccccc12. The number of benzene rings is 1. The Labute approximate surface area is 119 Å². The third-order valence-electron chi connectivity index (χ3n) is 6.60. The van der Waals surface area contributed by atoms with E-state index in [1.54, 1.807) is 11.1 Å². The number of rotatable bonds is 2. The fraction of sp³-hybridized carbons (Fsp3) is 0.556. The van der Waals surface area contributed by atoms with Crippen molar-refractivity contribution in [2.24, 2.45) is 23.7 Å². The van der Waals surface area contributed by atoms with Crippen molar-refractivity contribution in [1.29, 1.82) is 0 Å². The van der Waals surface area contributed by atoms with Crippen LogP contribution in [-0.2, 0) is 9.47 Å². The Morgan fingerprint density at radius 1 is 0.900 bits per heavy atom. The van der Waals surface area contributed by atoms with Gasteiger partial charge < -0.3 is 9.47 Å². The van der Waals surface area contributed by atoms with Gasteiger partial charge in [-0.1, -0.05) is 36.4 Å². The minimum absolute atomic E-state index is 0.395. The molecule has 6 atom stereocenters. The van der Waals surface area contributed by atoms with Crippen LogP contribution < -0.4 is 0 Å². The molecule has 0 aliphatic heterocycles. The molecule has 2 saturated carbocycles. The summed E-state index contributed by atoms with van der Waals surface area (Å²) >= 11 is 0. The molecule has 0 radical (unpaired) electrons. The van der Waals surface area contributed by atoms with Gasteiger partial charge in [0, 0.05) is 26.1 Å². The second kappa shape index (κ2) is 3.55. The summed E-state index contributed by atoms with van der Waals surface area (Å²) in [4.78, 5) is 0. The van der Waals surface area contributed by atoms with Crippen LogP contribution in [0.25, 0.3) is 0 Å². The van der Waals surface area contributed by atoms with Crippen LogP contribution in [-0.4, -0.2) is 20.0 Å². The van der Waals surface area contributed by atoms with Crippen LogP contribution >= 0.6 is 0 Å². The second-order valence-corrected chi connectivity index (χ2v) is 6.80. The molecule has 4 aliphatic carbocycles. The highest BCUT2D eigenvalue weighted by atomic mass is 16.7. The third-order valence-corrected chi connectivity index (χ3v) is 6.60. The molecule has 0 unspecified atom stereocenters. The zero-order valence-corrected chi connectivity index (χ0v) is 12.0. The molecular formula is C18H20O2. The maximum atomic E-state index is 5.91. The maximum Gasteiger partial charge on any atom is 0.180 e. The van der Waals surface area contributed by atoms with Crippen LogP contribution in [0.3, 0.4) is 0 Å².